The van der Waals surface area contributed by atoms with Crippen LogP contribution < -0.4 is 0 Å². The van der Waals surface area contributed by atoms with E-state index in [1.54, 1.807) is 25.0 Å². The molecule has 0 bridgehead atoms. The molecule has 1 aromatic carbocycles. The lowest BCUT2D eigenvalue weighted by Gasteiger charge is -2.16. The number of amides is 1. The molecule has 2 rings (SSSR count). The monoisotopic (exact) mass is 329 g/mol. The first-order chi connectivity index (χ1) is 11.5. The van der Waals surface area contributed by atoms with E-state index < -0.39 is 5.97 Å². The van der Waals surface area contributed by atoms with Crippen molar-refractivity contribution in [2.75, 3.05) is 27.4 Å². The molecule has 0 unspecified atom stereocenters. The van der Waals surface area contributed by atoms with Gasteiger partial charge in [0.1, 0.15) is 0 Å². The molecule has 1 aliphatic heterocycles. The van der Waals surface area contributed by atoms with Crippen LogP contribution in [0.5, 0.6) is 0 Å². The first-order valence-electron chi connectivity index (χ1n) is 7.94. The minimum atomic E-state index is -0.503. The van der Waals surface area contributed by atoms with Crippen LogP contribution in [0.2, 0.25) is 0 Å². The Bertz CT molecular complexity index is 686. The maximum atomic E-state index is 12.7. The quantitative estimate of drug-likeness (QED) is 0.594. The zero-order valence-corrected chi connectivity index (χ0v) is 14.6. The average Bonchev–Trinajstić information content (AvgIpc) is 2.83. The zero-order valence-electron chi connectivity index (χ0n) is 14.6. The second kappa shape index (κ2) is 7.93. The molecular weight excluding hydrogens is 306 g/mol. The highest BCUT2D eigenvalue weighted by atomic mass is 16.5. The van der Waals surface area contributed by atoms with Crippen LogP contribution in [-0.2, 0) is 25.5 Å². The number of benzene rings is 1. The highest BCUT2D eigenvalue weighted by molar-refractivity contribution is 6.16. The Labute approximate surface area is 142 Å². The van der Waals surface area contributed by atoms with Crippen molar-refractivity contribution in [2.24, 2.45) is 0 Å². The van der Waals surface area contributed by atoms with Crippen LogP contribution in [-0.4, -0.2) is 44.1 Å². The number of carbonyl (C=O) groups is 2. The van der Waals surface area contributed by atoms with Crippen LogP contribution in [0.25, 0.3) is 6.08 Å². The highest BCUT2D eigenvalue weighted by Gasteiger charge is 2.36. The first-order valence-corrected chi connectivity index (χ1v) is 7.94. The van der Waals surface area contributed by atoms with Gasteiger partial charge in [-0.05, 0) is 30.5 Å². The maximum absolute atomic E-state index is 12.7. The zero-order chi connectivity index (χ0) is 17.7. The molecule has 5 heteroatoms. The fourth-order valence-electron chi connectivity index (χ4n) is 2.70. The summed E-state index contributed by atoms with van der Waals surface area (Å²) in [5.74, 6) is -0.707. The Hall–Kier alpha value is -2.40. The molecule has 5 nitrogen and oxygen atoms in total. The molecule has 0 spiro atoms. The number of aryl methyl sites for hydroxylation is 1. The van der Waals surface area contributed by atoms with Crippen molar-refractivity contribution in [1.29, 1.82) is 0 Å². The summed E-state index contributed by atoms with van der Waals surface area (Å²) in [6.07, 6.45) is 2.69. The standard InChI is InChI=1S/C19H23NO4/c1-5-14-6-8-15(9-7-14)12-16-17(19(22)24-4)13(2)20(18(16)21)10-11-23-3/h6-9,12H,5,10-11H2,1-4H3/b16-12-. The lowest BCUT2D eigenvalue weighted by molar-refractivity contribution is -0.136. The van der Waals surface area contributed by atoms with E-state index in [4.69, 9.17) is 9.47 Å². The van der Waals surface area contributed by atoms with E-state index in [-0.39, 0.29) is 5.91 Å². The van der Waals surface area contributed by atoms with E-state index in [1.807, 2.05) is 24.3 Å². The van der Waals surface area contributed by atoms with Gasteiger partial charge in [0.25, 0.3) is 5.91 Å². The van der Waals surface area contributed by atoms with Gasteiger partial charge in [-0.3, -0.25) is 4.79 Å². The number of hydrogen-bond acceptors (Lipinski definition) is 4. The number of ether oxygens (including phenoxy) is 2. The van der Waals surface area contributed by atoms with E-state index in [2.05, 4.69) is 6.92 Å². The van der Waals surface area contributed by atoms with E-state index in [0.717, 1.165) is 12.0 Å². The number of nitrogens with zero attached hydrogens (tertiary/aromatic N) is 1. The van der Waals surface area contributed by atoms with Crippen molar-refractivity contribution < 1.29 is 19.1 Å². The van der Waals surface area contributed by atoms with Crippen LogP contribution in [0.4, 0.5) is 0 Å². The predicted octanol–water partition coefficient (Wildman–Crippen LogP) is 2.57. The molecule has 0 saturated carbocycles. The van der Waals surface area contributed by atoms with Gasteiger partial charge in [-0.2, -0.15) is 0 Å². The van der Waals surface area contributed by atoms with Gasteiger partial charge in [-0.25, -0.2) is 4.79 Å². The van der Waals surface area contributed by atoms with Gasteiger partial charge in [0.15, 0.2) is 0 Å². The van der Waals surface area contributed by atoms with E-state index in [9.17, 15) is 9.59 Å². The Morgan fingerprint density at radius 1 is 1.21 bits per heavy atom. The van der Waals surface area contributed by atoms with Crippen LogP contribution >= 0.6 is 0 Å². The van der Waals surface area contributed by atoms with Gasteiger partial charge in [0.2, 0.25) is 0 Å². The fourth-order valence-corrected chi connectivity index (χ4v) is 2.70. The summed E-state index contributed by atoms with van der Waals surface area (Å²) in [6.45, 7) is 4.63. The van der Waals surface area contributed by atoms with Crippen molar-refractivity contribution in [1.82, 2.24) is 4.90 Å². The minimum absolute atomic E-state index is 0.204. The largest absolute Gasteiger partial charge is 0.465 e. The van der Waals surface area contributed by atoms with E-state index in [1.165, 1.54) is 12.7 Å². The maximum Gasteiger partial charge on any atom is 0.340 e. The Morgan fingerprint density at radius 3 is 2.42 bits per heavy atom. The highest BCUT2D eigenvalue weighted by Crippen LogP contribution is 2.31. The molecule has 0 aliphatic carbocycles. The molecule has 0 saturated heterocycles. The number of methoxy groups -OCH3 is 2. The van der Waals surface area contributed by atoms with E-state index >= 15 is 0 Å². The molecule has 1 aromatic rings. The van der Waals surface area contributed by atoms with Crippen molar-refractivity contribution in [3.05, 3.63) is 52.2 Å². The molecule has 0 atom stereocenters. The molecule has 1 amide bonds. The smallest absolute Gasteiger partial charge is 0.340 e. The molecule has 1 aliphatic rings. The Balaban J connectivity index is 2.43. The number of allylic oxidation sites excluding steroid dienone is 1. The molecule has 0 aromatic heterocycles. The number of carbonyl (C=O) groups excluding carboxylic acids is 2. The van der Waals surface area contributed by atoms with Gasteiger partial charge in [0.05, 0.1) is 24.9 Å². The molecule has 0 radical (unpaired) electrons. The minimum Gasteiger partial charge on any atom is -0.465 e. The molecule has 24 heavy (non-hydrogen) atoms. The van der Waals surface area contributed by atoms with Crippen LogP contribution in [0.3, 0.4) is 0 Å². The molecule has 0 N–H and O–H groups in total. The lowest BCUT2D eigenvalue weighted by Crippen LogP contribution is -2.28. The second-order valence-corrected chi connectivity index (χ2v) is 5.55. The second-order valence-electron chi connectivity index (χ2n) is 5.55. The van der Waals surface area contributed by atoms with E-state index in [0.29, 0.717) is 30.0 Å². The molecule has 0 fully saturated rings. The van der Waals surface area contributed by atoms with Crippen LogP contribution in [0.15, 0.2) is 41.1 Å². The van der Waals surface area contributed by atoms with Crippen molar-refractivity contribution in [2.45, 2.75) is 20.3 Å². The number of esters is 1. The van der Waals surface area contributed by atoms with Gasteiger partial charge < -0.3 is 14.4 Å². The van der Waals surface area contributed by atoms with Gasteiger partial charge in [-0.15, -0.1) is 0 Å². The van der Waals surface area contributed by atoms with Crippen molar-refractivity contribution in [3.8, 4) is 0 Å². The fraction of sp³-hybridized carbons (Fsp3) is 0.368. The lowest BCUT2D eigenvalue weighted by atomic mass is 10.0. The van der Waals surface area contributed by atoms with Gasteiger partial charge in [-0.1, -0.05) is 31.2 Å². The SMILES string of the molecule is CCc1ccc(/C=C2\C(=O)N(CCOC)C(C)=C2C(=O)OC)cc1. The normalized spacial score (nSPS) is 16.2. The summed E-state index contributed by atoms with van der Waals surface area (Å²) in [5, 5.41) is 0. The third kappa shape index (κ3) is 3.57. The third-order valence-corrected chi connectivity index (χ3v) is 4.12. The Kier molecular flexibility index (Phi) is 5.93. The number of hydrogen-bond donors (Lipinski definition) is 0. The summed E-state index contributed by atoms with van der Waals surface area (Å²) in [6, 6.07) is 7.92. The van der Waals surface area contributed by atoms with Crippen LogP contribution in [0, 0.1) is 0 Å². The predicted molar refractivity (Wildman–Crippen MR) is 92.1 cm³/mol. The Morgan fingerprint density at radius 2 is 1.88 bits per heavy atom. The van der Waals surface area contributed by atoms with Crippen molar-refractivity contribution >= 4 is 18.0 Å². The van der Waals surface area contributed by atoms with Crippen molar-refractivity contribution in [3.63, 3.8) is 0 Å². The number of rotatable bonds is 6. The molecule has 1 heterocycles. The average molecular weight is 329 g/mol. The summed E-state index contributed by atoms with van der Waals surface area (Å²) in [7, 11) is 2.89. The van der Waals surface area contributed by atoms with Gasteiger partial charge in [0, 0.05) is 19.4 Å². The molecular formula is C19H23NO4. The summed E-state index contributed by atoms with van der Waals surface area (Å²) < 4.78 is 9.91. The third-order valence-electron chi connectivity index (χ3n) is 4.12. The summed E-state index contributed by atoms with van der Waals surface area (Å²) in [4.78, 5) is 26.4. The summed E-state index contributed by atoms with van der Waals surface area (Å²) in [5.41, 5.74) is 3.37. The first kappa shape index (κ1) is 17.9. The van der Waals surface area contributed by atoms with Gasteiger partial charge >= 0.3 is 5.97 Å². The summed E-state index contributed by atoms with van der Waals surface area (Å²) >= 11 is 0. The molecule has 128 valence electrons. The van der Waals surface area contributed by atoms with Crippen LogP contribution in [0.1, 0.15) is 25.0 Å². The topological polar surface area (TPSA) is 55.8 Å².